The average Bonchev–Trinajstić information content (AvgIpc) is 3.36. The van der Waals surface area contributed by atoms with Crippen molar-refractivity contribution >= 4 is 21.6 Å². The van der Waals surface area contributed by atoms with E-state index >= 15 is 0 Å². The number of amides is 1. The van der Waals surface area contributed by atoms with E-state index in [2.05, 4.69) is 4.90 Å². The minimum Gasteiger partial charge on any atom is -0.454 e. The Labute approximate surface area is 209 Å². The fraction of sp³-hybridized carbons (Fsp3) is 0.269. The number of sulfonamides is 1. The predicted octanol–water partition coefficient (Wildman–Crippen LogP) is 3.09. The summed E-state index contributed by atoms with van der Waals surface area (Å²) in [5.74, 6) is 0.382. The van der Waals surface area contributed by atoms with E-state index in [1.807, 2.05) is 18.2 Å². The molecule has 2 aliphatic rings. The molecule has 0 saturated carbocycles. The fourth-order valence-electron chi connectivity index (χ4n) is 4.35. The van der Waals surface area contributed by atoms with Gasteiger partial charge in [-0.1, -0.05) is 36.4 Å². The molecule has 3 aromatic carbocycles. The van der Waals surface area contributed by atoms with E-state index in [0.717, 1.165) is 21.4 Å². The van der Waals surface area contributed by atoms with Crippen LogP contribution >= 0.6 is 0 Å². The van der Waals surface area contributed by atoms with Crippen LogP contribution in [-0.4, -0.2) is 63.6 Å². The lowest BCUT2D eigenvalue weighted by Crippen LogP contribution is -2.51. The molecule has 0 aromatic heterocycles. The van der Waals surface area contributed by atoms with Crippen molar-refractivity contribution in [2.75, 3.05) is 43.8 Å². The van der Waals surface area contributed by atoms with E-state index in [9.17, 15) is 17.6 Å². The van der Waals surface area contributed by atoms with Gasteiger partial charge in [-0.3, -0.25) is 14.0 Å². The van der Waals surface area contributed by atoms with Gasteiger partial charge in [0.2, 0.25) is 12.7 Å². The maximum Gasteiger partial charge on any atom is 0.264 e. The zero-order chi connectivity index (χ0) is 25.1. The van der Waals surface area contributed by atoms with Gasteiger partial charge in [-0.2, -0.15) is 0 Å². The monoisotopic (exact) mass is 511 g/mol. The van der Waals surface area contributed by atoms with Gasteiger partial charge in [0, 0.05) is 32.7 Å². The Bertz CT molecular complexity index is 1340. The van der Waals surface area contributed by atoms with Crippen molar-refractivity contribution in [1.82, 2.24) is 9.80 Å². The molecule has 0 bridgehead atoms. The molecule has 1 fully saturated rings. The normalized spacial score (nSPS) is 15.6. The van der Waals surface area contributed by atoms with Gasteiger partial charge in [-0.15, -0.1) is 0 Å². The first-order valence-corrected chi connectivity index (χ1v) is 13.1. The smallest absolute Gasteiger partial charge is 0.264 e. The number of nitrogens with zero attached hydrogens (tertiary/aromatic N) is 3. The number of anilines is 1. The number of benzene rings is 3. The van der Waals surface area contributed by atoms with Crippen molar-refractivity contribution in [3.05, 3.63) is 84.2 Å². The number of piperazine rings is 1. The number of halogens is 1. The minimum absolute atomic E-state index is 0.00500. The Morgan fingerprint density at radius 3 is 2.33 bits per heavy atom. The summed E-state index contributed by atoms with van der Waals surface area (Å²) in [4.78, 5) is 17.1. The van der Waals surface area contributed by atoms with Crippen LogP contribution in [0.2, 0.25) is 0 Å². The summed E-state index contributed by atoms with van der Waals surface area (Å²) in [5.41, 5.74) is 0.926. The van der Waals surface area contributed by atoms with Crippen LogP contribution in [0.1, 0.15) is 5.56 Å². The van der Waals surface area contributed by atoms with Gasteiger partial charge >= 0.3 is 0 Å². The van der Waals surface area contributed by atoms with Crippen molar-refractivity contribution in [3.63, 3.8) is 0 Å². The maximum atomic E-state index is 14.7. The molecule has 10 heteroatoms. The van der Waals surface area contributed by atoms with Crippen molar-refractivity contribution in [2.24, 2.45) is 0 Å². The van der Waals surface area contributed by atoms with Crippen molar-refractivity contribution < 1.29 is 27.1 Å². The molecule has 0 aliphatic carbocycles. The molecule has 1 amide bonds. The van der Waals surface area contributed by atoms with Gasteiger partial charge < -0.3 is 14.4 Å². The molecule has 2 heterocycles. The number of para-hydroxylation sites is 1. The third-order valence-electron chi connectivity index (χ3n) is 6.30. The second-order valence-corrected chi connectivity index (χ2v) is 10.5. The van der Waals surface area contributed by atoms with Gasteiger partial charge in [0.05, 0.1) is 10.6 Å². The van der Waals surface area contributed by atoms with Crippen LogP contribution in [0.25, 0.3) is 0 Å². The van der Waals surface area contributed by atoms with Crippen LogP contribution in [0.3, 0.4) is 0 Å². The number of hydrogen-bond donors (Lipinski definition) is 0. The SMILES string of the molecule is O=C(CN(c1ccccc1F)S(=O)(=O)c1ccccc1)N1CCN(Cc2ccc3c(c2)OCO3)CC1. The summed E-state index contributed by atoms with van der Waals surface area (Å²) in [6.07, 6.45) is 0. The number of carbonyl (C=O) groups excluding carboxylic acids is 1. The molecular formula is C26H26FN3O5S. The number of hydrogen-bond acceptors (Lipinski definition) is 6. The topological polar surface area (TPSA) is 79.4 Å². The number of ether oxygens (including phenoxy) is 2. The van der Waals surface area contributed by atoms with Crippen LogP contribution in [0.5, 0.6) is 11.5 Å². The molecule has 2 aliphatic heterocycles. The Balaban J connectivity index is 1.27. The van der Waals surface area contributed by atoms with E-state index in [4.69, 9.17) is 9.47 Å². The molecule has 0 radical (unpaired) electrons. The van der Waals surface area contributed by atoms with Gasteiger partial charge in [0.25, 0.3) is 10.0 Å². The van der Waals surface area contributed by atoms with Crippen LogP contribution in [0.15, 0.2) is 77.7 Å². The molecule has 8 nitrogen and oxygen atoms in total. The highest BCUT2D eigenvalue weighted by Gasteiger charge is 2.31. The van der Waals surface area contributed by atoms with Crippen molar-refractivity contribution in [2.45, 2.75) is 11.4 Å². The Morgan fingerprint density at radius 2 is 1.58 bits per heavy atom. The highest BCUT2D eigenvalue weighted by atomic mass is 32.2. The van der Waals surface area contributed by atoms with E-state index in [1.54, 1.807) is 29.2 Å². The van der Waals surface area contributed by atoms with Crippen molar-refractivity contribution in [3.8, 4) is 11.5 Å². The standard InChI is InChI=1S/C26H26FN3O5S/c27-22-8-4-5-9-23(22)30(36(32,33)21-6-2-1-3-7-21)18-26(31)29-14-12-28(13-15-29)17-20-10-11-24-25(16-20)35-19-34-24/h1-11,16H,12-15,17-19H2. The first-order valence-electron chi connectivity index (χ1n) is 11.6. The lowest BCUT2D eigenvalue weighted by Gasteiger charge is -2.36. The summed E-state index contributed by atoms with van der Waals surface area (Å²) >= 11 is 0. The second kappa shape index (κ2) is 10.2. The molecule has 0 atom stereocenters. The lowest BCUT2D eigenvalue weighted by molar-refractivity contribution is -0.131. The third kappa shape index (κ3) is 5.00. The first-order chi connectivity index (χ1) is 17.4. The molecule has 36 heavy (non-hydrogen) atoms. The summed E-state index contributed by atoms with van der Waals surface area (Å²) in [6, 6.07) is 19.2. The zero-order valence-corrected chi connectivity index (χ0v) is 20.4. The minimum atomic E-state index is -4.15. The summed E-state index contributed by atoms with van der Waals surface area (Å²) < 4.78 is 53.1. The highest BCUT2D eigenvalue weighted by molar-refractivity contribution is 7.92. The third-order valence-corrected chi connectivity index (χ3v) is 8.07. The van der Waals surface area contributed by atoms with Crippen LogP contribution < -0.4 is 13.8 Å². The van der Waals surface area contributed by atoms with E-state index < -0.39 is 22.4 Å². The molecule has 188 valence electrons. The first kappa shape index (κ1) is 24.1. The highest BCUT2D eigenvalue weighted by Crippen LogP contribution is 2.33. The number of fused-ring (bicyclic) bond motifs is 1. The van der Waals surface area contributed by atoms with Gasteiger partial charge in [0.15, 0.2) is 11.5 Å². The van der Waals surface area contributed by atoms with E-state index in [1.165, 1.54) is 30.3 Å². The predicted molar refractivity (Wildman–Crippen MR) is 132 cm³/mol. The Kier molecular flexibility index (Phi) is 6.80. The van der Waals surface area contributed by atoms with Crippen LogP contribution in [0.4, 0.5) is 10.1 Å². The summed E-state index contributed by atoms with van der Waals surface area (Å²) in [7, 11) is -4.15. The maximum absolute atomic E-state index is 14.7. The second-order valence-electron chi connectivity index (χ2n) is 8.62. The molecule has 0 unspecified atom stereocenters. The number of rotatable bonds is 7. The molecule has 0 spiro atoms. The van der Waals surface area contributed by atoms with Crippen LogP contribution in [-0.2, 0) is 21.4 Å². The fourth-order valence-corrected chi connectivity index (χ4v) is 5.79. The summed E-state index contributed by atoms with van der Waals surface area (Å²) in [6.45, 7) is 2.59. The largest absolute Gasteiger partial charge is 0.454 e. The quantitative estimate of drug-likeness (QED) is 0.485. The molecule has 3 aromatic rings. The van der Waals surface area contributed by atoms with Gasteiger partial charge in [-0.05, 0) is 42.0 Å². The average molecular weight is 512 g/mol. The lowest BCUT2D eigenvalue weighted by atomic mass is 10.1. The molecular weight excluding hydrogens is 485 g/mol. The van der Waals surface area contributed by atoms with E-state index in [-0.39, 0.29) is 23.3 Å². The number of carbonyl (C=O) groups is 1. The van der Waals surface area contributed by atoms with Crippen molar-refractivity contribution in [1.29, 1.82) is 0 Å². The van der Waals surface area contributed by atoms with Gasteiger partial charge in [-0.25, -0.2) is 12.8 Å². The summed E-state index contributed by atoms with van der Waals surface area (Å²) in [5, 5.41) is 0. The Morgan fingerprint density at radius 1 is 0.889 bits per heavy atom. The molecule has 5 rings (SSSR count). The molecule has 1 saturated heterocycles. The zero-order valence-electron chi connectivity index (χ0n) is 19.5. The van der Waals surface area contributed by atoms with E-state index in [0.29, 0.717) is 32.7 Å². The molecule has 0 N–H and O–H groups in total. The van der Waals surface area contributed by atoms with Gasteiger partial charge in [0.1, 0.15) is 12.4 Å². The van der Waals surface area contributed by atoms with Crippen LogP contribution in [0, 0.1) is 5.82 Å². The Hall–Kier alpha value is -3.63.